The first-order valence-electron chi connectivity index (χ1n) is 13.2. The molecular formula is C25H52O16. The minimum atomic E-state index is -1.90. The van der Waals surface area contributed by atoms with Crippen molar-refractivity contribution in [1.82, 2.24) is 0 Å². The molecule has 0 aromatic rings. The smallest absolute Gasteiger partial charge is 0.186 e. The van der Waals surface area contributed by atoms with Crippen LogP contribution in [0, 0.1) is 17.8 Å². The maximum atomic E-state index is 11.1. The summed E-state index contributed by atoms with van der Waals surface area (Å²) in [6, 6.07) is 0. The Balaban J connectivity index is 5.81. The first-order valence-corrected chi connectivity index (χ1v) is 13.2. The van der Waals surface area contributed by atoms with E-state index in [-0.39, 0.29) is 6.61 Å². The van der Waals surface area contributed by atoms with Gasteiger partial charge in [-0.05, 0) is 0 Å². The summed E-state index contributed by atoms with van der Waals surface area (Å²) in [5.41, 5.74) is 0. The molecule has 0 spiro atoms. The molecule has 0 fully saturated rings. The van der Waals surface area contributed by atoms with Crippen LogP contribution < -0.4 is 0 Å². The van der Waals surface area contributed by atoms with Gasteiger partial charge in [0.15, 0.2) is 18.9 Å². The van der Waals surface area contributed by atoms with E-state index in [2.05, 4.69) is 0 Å². The Morgan fingerprint density at radius 2 is 0.829 bits per heavy atom. The van der Waals surface area contributed by atoms with E-state index in [0.29, 0.717) is 0 Å². The van der Waals surface area contributed by atoms with Gasteiger partial charge in [0.2, 0.25) is 0 Å². The molecule has 0 saturated heterocycles. The van der Waals surface area contributed by atoms with Gasteiger partial charge in [-0.3, -0.25) is 0 Å². The van der Waals surface area contributed by atoms with Gasteiger partial charge < -0.3 is 79.5 Å². The molecule has 0 aromatic carbocycles. The topological polar surface area (TPSA) is 258 Å². The van der Waals surface area contributed by atoms with Crippen molar-refractivity contribution < 1.29 is 79.5 Å². The molecular weight excluding hydrogens is 556 g/mol. The number of ether oxygens (including phenoxy) is 6. The number of methoxy groups -OCH3 is 4. The van der Waals surface area contributed by atoms with Crippen molar-refractivity contribution in [3.63, 3.8) is 0 Å². The van der Waals surface area contributed by atoms with Gasteiger partial charge in [0.1, 0.15) is 36.6 Å². The zero-order chi connectivity index (χ0) is 32.0. The highest BCUT2D eigenvalue weighted by Gasteiger charge is 2.43. The van der Waals surface area contributed by atoms with Crippen LogP contribution in [-0.4, -0.2) is 173 Å². The van der Waals surface area contributed by atoms with Crippen molar-refractivity contribution in [3.05, 3.63) is 0 Å². The predicted molar refractivity (Wildman–Crippen MR) is 140 cm³/mol. The Bertz CT molecular complexity index is 657. The molecule has 0 bridgehead atoms. The molecule has 0 radical (unpaired) electrons. The van der Waals surface area contributed by atoms with E-state index in [1.54, 1.807) is 0 Å². The molecule has 0 aliphatic heterocycles. The molecule has 0 amide bonds. The minimum absolute atomic E-state index is 0.359. The Hall–Kier alpha value is -0.640. The van der Waals surface area contributed by atoms with Crippen molar-refractivity contribution in [1.29, 1.82) is 0 Å². The molecule has 14 atom stereocenters. The Kier molecular flexibility index (Phi) is 20.0. The van der Waals surface area contributed by atoms with Crippen LogP contribution in [0.5, 0.6) is 0 Å². The van der Waals surface area contributed by atoms with Gasteiger partial charge in [-0.25, -0.2) is 0 Å². The van der Waals surface area contributed by atoms with Gasteiger partial charge in [-0.2, -0.15) is 0 Å². The van der Waals surface area contributed by atoms with E-state index in [1.165, 1.54) is 42.1 Å². The summed E-state index contributed by atoms with van der Waals surface area (Å²) >= 11 is 0. The summed E-state index contributed by atoms with van der Waals surface area (Å²) in [7, 11) is 4.71. The molecule has 0 aromatic heterocycles. The fourth-order valence-electron chi connectivity index (χ4n) is 3.91. The summed E-state index contributed by atoms with van der Waals surface area (Å²) < 4.78 is 31.5. The summed E-state index contributed by atoms with van der Waals surface area (Å²) in [6.45, 7) is 3.06. The lowest BCUT2D eigenvalue weighted by Crippen LogP contribution is -2.56. The zero-order valence-corrected chi connectivity index (χ0v) is 24.7. The van der Waals surface area contributed by atoms with Crippen molar-refractivity contribution in [3.8, 4) is 0 Å². The van der Waals surface area contributed by atoms with Crippen LogP contribution in [0.3, 0.4) is 0 Å². The molecule has 0 aliphatic carbocycles. The second-order valence-electron chi connectivity index (χ2n) is 10.2. The van der Waals surface area contributed by atoms with Crippen LogP contribution in [0.2, 0.25) is 0 Å². The van der Waals surface area contributed by atoms with Gasteiger partial charge in [0, 0.05) is 59.4 Å². The van der Waals surface area contributed by atoms with E-state index in [9.17, 15) is 51.1 Å². The van der Waals surface area contributed by atoms with Crippen LogP contribution in [0.15, 0.2) is 0 Å². The SMILES string of the molecule is COC(OCC(C)C(O)C(OC(OC)C(O)C(O)C(O)C(C)CO)C(O)C(OC)OC)C(O)C(O)C(O)C(C)CO. The first kappa shape index (κ1) is 40.4. The Labute approximate surface area is 240 Å². The third kappa shape index (κ3) is 11.8. The normalized spacial score (nSPS) is 23.0. The summed E-state index contributed by atoms with van der Waals surface area (Å²) in [5.74, 6) is -2.49. The lowest BCUT2D eigenvalue weighted by molar-refractivity contribution is -0.288. The molecule has 10 N–H and O–H groups in total. The van der Waals surface area contributed by atoms with E-state index in [1.807, 2.05) is 0 Å². The van der Waals surface area contributed by atoms with Gasteiger partial charge in [0.05, 0.1) is 24.9 Å². The van der Waals surface area contributed by atoms with Crippen LogP contribution in [-0.2, 0) is 28.4 Å². The van der Waals surface area contributed by atoms with Gasteiger partial charge >= 0.3 is 0 Å². The van der Waals surface area contributed by atoms with Gasteiger partial charge in [-0.15, -0.1) is 0 Å². The largest absolute Gasteiger partial charge is 0.396 e. The molecule has 16 nitrogen and oxygen atoms in total. The van der Waals surface area contributed by atoms with Crippen molar-refractivity contribution in [2.75, 3.05) is 48.3 Å². The molecule has 16 heteroatoms. The molecule has 0 saturated carbocycles. The third-order valence-corrected chi connectivity index (χ3v) is 6.98. The maximum absolute atomic E-state index is 11.1. The monoisotopic (exact) mass is 608 g/mol. The fraction of sp³-hybridized carbons (Fsp3) is 1.00. The molecule has 14 unspecified atom stereocenters. The maximum Gasteiger partial charge on any atom is 0.186 e. The van der Waals surface area contributed by atoms with E-state index >= 15 is 0 Å². The van der Waals surface area contributed by atoms with E-state index in [4.69, 9.17) is 28.4 Å². The minimum Gasteiger partial charge on any atom is -0.396 e. The number of aliphatic hydroxyl groups excluding tert-OH is 10. The van der Waals surface area contributed by atoms with Gasteiger partial charge in [0.25, 0.3) is 0 Å². The summed E-state index contributed by atoms with van der Waals surface area (Å²) in [4.78, 5) is 0. The van der Waals surface area contributed by atoms with Crippen LogP contribution in [0.25, 0.3) is 0 Å². The number of aliphatic hydroxyl groups is 10. The summed E-state index contributed by atoms with van der Waals surface area (Å²) in [6.07, 6.45) is -19.8. The predicted octanol–water partition coefficient (Wildman–Crippen LogP) is -4.27. The third-order valence-electron chi connectivity index (χ3n) is 6.98. The second-order valence-corrected chi connectivity index (χ2v) is 10.2. The highest BCUT2D eigenvalue weighted by molar-refractivity contribution is 4.87. The van der Waals surface area contributed by atoms with Crippen molar-refractivity contribution >= 4 is 0 Å². The van der Waals surface area contributed by atoms with Crippen LogP contribution in [0.1, 0.15) is 20.8 Å². The van der Waals surface area contributed by atoms with E-state index in [0.717, 1.165) is 7.11 Å². The average molecular weight is 609 g/mol. The standard InChI is InChI=1S/C25H52O16/c1-11(8-26)14(28)17(31)19(33)24(38-6)40-10-13(3)16(30)22(21(35)23(36-4)37-5)41-25(39-7)20(34)18(32)15(29)12(2)9-27/h11-35H,8-10H2,1-7H3. The lowest BCUT2D eigenvalue weighted by Gasteiger charge is -2.38. The molecule has 41 heavy (non-hydrogen) atoms. The molecule has 0 rings (SSSR count). The van der Waals surface area contributed by atoms with Crippen molar-refractivity contribution in [2.45, 2.75) is 94.6 Å². The number of hydrogen-bond acceptors (Lipinski definition) is 16. The molecule has 248 valence electrons. The average Bonchev–Trinajstić information content (AvgIpc) is 2.98. The Morgan fingerprint density at radius 1 is 0.439 bits per heavy atom. The fourth-order valence-corrected chi connectivity index (χ4v) is 3.91. The second kappa shape index (κ2) is 20.3. The highest BCUT2D eigenvalue weighted by atomic mass is 16.7. The number of rotatable bonds is 23. The van der Waals surface area contributed by atoms with Crippen LogP contribution >= 0.6 is 0 Å². The zero-order valence-electron chi connectivity index (χ0n) is 24.7. The quantitative estimate of drug-likeness (QED) is 0.0492. The first-order chi connectivity index (χ1) is 19.2. The molecule has 0 heterocycles. The van der Waals surface area contributed by atoms with Gasteiger partial charge in [-0.1, -0.05) is 20.8 Å². The highest BCUT2D eigenvalue weighted by Crippen LogP contribution is 2.24. The lowest BCUT2D eigenvalue weighted by atomic mass is 9.94. The van der Waals surface area contributed by atoms with Crippen LogP contribution in [0.4, 0.5) is 0 Å². The van der Waals surface area contributed by atoms with E-state index < -0.39 is 105 Å². The number of hydrogen-bond donors (Lipinski definition) is 10. The molecule has 0 aliphatic rings. The Morgan fingerprint density at radius 3 is 1.20 bits per heavy atom. The van der Waals surface area contributed by atoms with Crippen molar-refractivity contribution in [2.24, 2.45) is 17.8 Å². The summed E-state index contributed by atoms with van der Waals surface area (Å²) in [5, 5.41) is 103.